The maximum absolute atomic E-state index is 12.8. The Morgan fingerprint density at radius 3 is 2.74 bits per heavy atom. The molecule has 1 aliphatic heterocycles. The van der Waals surface area contributed by atoms with E-state index >= 15 is 0 Å². The molecule has 0 bridgehead atoms. The Morgan fingerprint density at radius 1 is 1.15 bits per heavy atom. The Bertz CT molecular complexity index is 968. The minimum atomic E-state index is -4.50. The number of thiazole rings is 1. The molecule has 0 N–H and O–H groups in total. The van der Waals surface area contributed by atoms with E-state index in [4.69, 9.17) is 0 Å². The molecule has 1 aromatic carbocycles. The molecule has 3 aromatic rings. The van der Waals surface area contributed by atoms with Gasteiger partial charge in [-0.3, -0.25) is 4.90 Å². The van der Waals surface area contributed by atoms with Gasteiger partial charge in [-0.2, -0.15) is 13.2 Å². The molecule has 0 saturated carbocycles. The third kappa shape index (κ3) is 3.86. The van der Waals surface area contributed by atoms with Crippen LogP contribution in [-0.4, -0.2) is 26.4 Å². The maximum atomic E-state index is 12.8. The van der Waals surface area contributed by atoms with Crippen molar-refractivity contribution in [2.45, 2.75) is 32.6 Å². The molecule has 0 saturated heterocycles. The van der Waals surface area contributed by atoms with Crippen molar-refractivity contribution in [1.82, 2.24) is 19.9 Å². The molecule has 4 rings (SSSR count). The zero-order chi connectivity index (χ0) is 19.0. The summed E-state index contributed by atoms with van der Waals surface area (Å²) in [6, 6.07) is 8.13. The molecule has 0 unspecified atom stereocenters. The fourth-order valence-corrected chi connectivity index (χ4v) is 4.23. The van der Waals surface area contributed by atoms with Gasteiger partial charge in [0, 0.05) is 54.5 Å². The first kappa shape index (κ1) is 18.1. The second-order valence-electron chi connectivity index (χ2n) is 6.57. The van der Waals surface area contributed by atoms with E-state index in [1.165, 1.54) is 11.8 Å². The molecular weight excluding hydrogens is 373 g/mol. The number of nitrogens with zero attached hydrogens (tertiary/aromatic N) is 4. The smallest absolute Gasteiger partial charge is 0.293 e. The number of hydrogen-bond acceptors (Lipinski definition) is 5. The number of aromatic nitrogens is 3. The fraction of sp³-hybridized carbons (Fsp3) is 0.316. The van der Waals surface area contributed by atoms with Crippen molar-refractivity contribution in [3.8, 4) is 10.6 Å². The number of hydrogen-bond donors (Lipinski definition) is 0. The van der Waals surface area contributed by atoms with Crippen molar-refractivity contribution in [3.63, 3.8) is 0 Å². The molecule has 2 aromatic heterocycles. The normalized spacial score (nSPS) is 15.0. The average molecular weight is 390 g/mol. The lowest BCUT2D eigenvalue weighted by molar-refractivity contribution is -0.145. The number of benzene rings is 1. The fourth-order valence-electron chi connectivity index (χ4n) is 3.18. The van der Waals surface area contributed by atoms with Gasteiger partial charge in [-0.25, -0.2) is 15.0 Å². The van der Waals surface area contributed by atoms with Gasteiger partial charge in [-0.05, 0) is 12.5 Å². The lowest BCUT2D eigenvalue weighted by Crippen LogP contribution is -2.31. The van der Waals surface area contributed by atoms with Gasteiger partial charge in [-0.15, -0.1) is 11.3 Å². The largest absolute Gasteiger partial charge is 0.451 e. The van der Waals surface area contributed by atoms with Crippen molar-refractivity contribution in [2.24, 2.45) is 0 Å². The second kappa shape index (κ2) is 7.01. The molecule has 0 atom stereocenters. The highest BCUT2D eigenvalue weighted by Crippen LogP contribution is 2.30. The number of fused-ring (bicyclic) bond motifs is 1. The third-order valence-electron chi connectivity index (χ3n) is 4.58. The van der Waals surface area contributed by atoms with Gasteiger partial charge < -0.3 is 0 Å². The quantitative estimate of drug-likeness (QED) is 0.661. The first-order valence-electron chi connectivity index (χ1n) is 8.55. The van der Waals surface area contributed by atoms with Gasteiger partial charge in [-0.1, -0.05) is 24.3 Å². The Morgan fingerprint density at radius 2 is 1.96 bits per heavy atom. The van der Waals surface area contributed by atoms with Gasteiger partial charge in [0.15, 0.2) is 0 Å². The van der Waals surface area contributed by atoms with E-state index in [9.17, 15) is 13.2 Å². The molecular formula is C19H17F3N4S. The minimum Gasteiger partial charge on any atom is -0.293 e. The topological polar surface area (TPSA) is 41.9 Å². The van der Waals surface area contributed by atoms with Crippen molar-refractivity contribution < 1.29 is 13.2 Å². The van der Waals surface area contributed by atoms with Crippen molar-refractivity contribution in [1.29, 1.82) is 0 Å². The summed E-state index contributed by atoms with van der Waals surface area (Å²) in [7, 11) is 0. The SMILES string of the molecule is Cc1ccccc1-c1ncc(CN2CCc3nc(C(F)(F)F)ncc3C2)s1. The molecule has 8 heteroatoms. The van der Waals surface area contributed by atoms with E-state index < -0.39 is 12.0 Å². The molecule has 27 heavy (non-hydrogen) atoms. The Balaban J connectivity index is 1.47. The van der Waals surface area contributed by atoms with Crippen LogP contribution in [0.3, 0.4) is 0 Å². The van der Waals surface area contributed by atoms with E-state index in [0.29, 0.717) is 31.7 Å². The zero-order valence-electron chi connectivity index (χ0n) is 14.6. The van der Waals surface area contributed by atoms with E-state index in [1.807, 2.05) is 18.3 Å². The van der Waals surface area contributed by atoms with Crippen LogP contribution in [0.15, 0.2) is 36.7 Å². The Labute approximate surface area is 158 Å². The molecule has 1 aliphatic rings. The maximum Gasteiger partial charge on any atom is 0.451 e. The van der Waals surface area contributed by atoms with Crippen LogP contribution in [0.25, 0.3) is 10.6 Å². The molecule has 0 radical (unpaired) electrons. The first-order chi connectivity index (χ1) is 12.9. The van der Waals surface area contributed by atoms with Gasteiger partial charge in [0.1, 0.15) is 5.01 Å². The highest BCUT2D eigenvalue weighted by molar-refractivity contribution is 7.15. The number of rotatable bonds is 3. The summed E-state index contributed by atoms with van der Waals surface area (Å²) in [5, 5.41) is 0.985. The summed E-state index contributed by atoms with van der Waals surface area (Å²) in [5.74, 6) is -1.06. The molecule has 0 amide bonds. The lowest BCUT2D eigenvalue weighted by Gasteiger charge is -2.27. The number of aryl methyl sites for hydroxylation is 1. The highest BCUT2D eigenvalue weighted by atomic mass is 32.1. The molecule has 0 fully saturated rings. The van der Waals surface area contributed by atoms with Crippen LogP contribution < -0.4 is 0 Å². The van der Waals surface area contributed by atoms with E-state index in [2.05, 4.69) is 38.9 Å². The van der Waals surface area contributed by atoms with E-state index in [-0.39, 0.29) is 0 Å². The summed E-state index contributed by atoms with van der Waals surface area (Å²) in [6.45, 7) is 3.99. The second-order valence-corrected chi connectivity index (χ2v) is 7.69. The first-order valence-corrected chi connectivity index (χ1v) is 9.37. The van der Waals surface area contributed by atoms with Gasteiger partial charge in [0.25, 0.3) is 0 Å². The van der Waals surface area contributed by atoms with Crippen LogP contribution in [0.4, 0.5) is 13.2 Å². The summed E-state index contributed by atoms with van der Waals surface area (Å²) in [4.78, 5) is 15.0. The minimum absolute atomic E-state index is 0.490. The van der Waals surface area contributed by atoms with Crippen LogP contribution in [0, 0.1) is 6.92 Å². The van der Waals surface area contributed by atoms with Crippen LogP contribution in [0.1, 0.15) is 27.5 Å². The summed E-state index contributed by atoms with van der Waals surface area (Å²) < 4.78 is 38.3. The molecule has 0 aliphatic carbocycles. The molecule has 3 heterocycles. The Kier molecular flexibility index (Phi) is 4.69. The van der Waals surface area contributed by atoms with Crippen LogP contribution in [0.5, 0.6) is 0 Å². The van der Waals surface area contributed by atoms with Crippen LogP contribution in [0.2, 0.25) is 0 Å². The summed E-state index contributed by atoms with van der Waals surface area (Å²) in [6.07, 6.45) is -0.820. The van der Waals surface area contributed by atoms with Gasteiger partial charge in [0.05, 0.1) is 5.69 Å². The number of alkyl halides is 3. The number of halogens is 3. The predicted molar refractivity (Wildman–Crippen MR) is 97.1 cm³/mol. The third-order valence-corrected chi connectivity index (χ3v) is 5.59. The standard InChI is InChI=1S/C19H17F3N4S/c1-12-4-2-3-5-15(12)17-23-9-14(27-17)11-26-7-6-16-13(10-26)8-24-18(25-16)19(20,21)22/h2-5,8-9H,6-7,10-11H2,1H3. The lowest BCUT2D eigenvalue weighted by atomic mass is 10.1. The molecule has 0 spiro atoms. The summed E-state index contributed by atoms with van der Waals surface area (Å²) in [5.41, 5.74) is 3.57. The van der Waals surface area contributed by atoms with E-state index in [0.717, 1.165) is 21.0 Å². The average Bonchev–Trinajstić information content (AvgIpc) is 3.09. The van der Waals surface area contributed by atoms with Crippen molar-refractivity contribution >= 4 is 11.3 Å². The van der Waals surface area contributed by atoms with Crippen molar-refractivity contribution in [2.75, 3.05) is 6.54 Å². The van der Waals surface area contributed by atoms with Crippen LogP contribution >= 0.6 is 11.3 Å². The monoisotopic (exact) mass is 390 g/mol. The summed E-state index contributed by atoms with van der Waals surface area (Å²) >= 11 is 1.65. The highest BCUT2D eigenvalue weighted by Gasteiger charge is 2.35. The Hall–Kier alpha value is -2.32. The predicted octanol–water partition coefficient (Wildman–Crippen LogP) is 4.49. The van der Waals surface area contributed by atoms with Gasteiger partial charge in [0.2, 0.25) is 5.82 Å². The molecule has 140 valence electrons. The van der Waals surface area contributed by atoms with E-state index in [1.54, 1.807) is 11.3 Å². The zero-order valence-corrected chi connectivity index (χ0v) is 15.4. The van der Waals surface area contributed by atoms with Crippen LogP contribution in [-0.2, 0) is 25.7 Å². The van der Waals surface area contributed by atoms with Gasteiger partial charge >= 0.3 is 6.18 Å². The van der Waals surface area contributed by atoms with Crippen molar-refractivity contribution in [3.05, 3.63) is 64.2 Å². The molecule has 4 nitrogen and oxygen atoms in total.